The zero-order valence-corrected chi connectivity index (χ0v) is 13.1. The Morgan fingerprint density at radius 2 is 1.90 bits per heavy atom. The van der Waals surface area contributed by atoms with Crippen molar-refractivity contribution in [3.63, 3.8) is 0 Å². The van der Waals surface area contributed by atoms with Gasteiger partial charge in [-0.2, -0.15) is 0 Å². The number of ether oxygens (including phenoxy) is 1. The van der Waals surface area contributed by atoms with Gasteiger partial charge in [0.25, 0.3) is 5.91 Å². The van der Waals surface area contributed by atoms with Crippen LogP contribution < -0.4 is 10.1 Å². The molecule has 0 radical (unpaired) electrons. The molecule has 0 bridgehead atoms. The normalized spacial score (nSPS) is 22.0. The van der Waals surface area contributed by atoms with E-state index in [-0.39, 0.29) is 12.0 Å². The largest absolute Gasteiger partial charge is 0.480 e. The molecule has 1 unspecified atom stereocenters. The first-order valence-electron chi connectivity index (χ1n) is 7.79. The fourth-order valence-corrected chi connectivity index (χ4v) is 2.92. The van der Waals surface area contributed by atoms with Gasteiger partial charge in [-0.3, -0.25) is 4.79 Å². The van der Waals surface area contributed by atoms with Crippen LogP contribution in [-0.4, -0.2) is 36.5 Å². The van der Waals surface area contributed by atoms with Crippen molar-refractivity contribution in [2.24, 2.45) is 0 Å². The summed E-state index contributed by atoms with van der Waals surface area (Å²) in [5.41, 5.74) is 3.52. The molecule has 1 saturated heterocycles. The molecule has 1 saturated carbocycles. The van der Waals surface area contributed by atoms with Crippen LogP contribution in [0.3, 0.4) is 0 Å². The molecule has 1 aromatic carbocycles. The Morgan fingerprint density at radius 1 is 1.24 bits per heavy atom. The Labute approximate surface area is 126 Å². The third-order valence-electron chi connectivity index (χ3n) is 4.33. The van der Waals surface area contributed by atoms with Gasteiger partial charge in [0.1, 0.15) is 5.75 Å². The Kier molecular flexibility index (Phi) is 3.89. The highest BCUT2D eigenvalue weighted by atomic mass is 16.5. The molecule has 1 aliphatic carbocycles. The monoisotopic (exact) mass is 288 g/mol. The molecule has 21 heavy (non-hydrogen) atoms. The number of aryl methyl sites for hydroxylation is 2. The van der Waals surface area contributed by atoms with Crippen molar-refractivity contribution in [3.8, 4) is 5.75 Å². The number of carbonyl (C=O) groups excluding carboxylic acids is 1. The van der Waals surface area contributed by atoms with Crippen LogP contribution in [0.15, 0.2) is 12.1 Å². The highest BCUT2D eigenvalue weighted by Crippen LogP contribution is 2.28. The quantitative estimate of drug-likeness (QED) is 0.903. The first-order chi connectivity index (χ1) is 10.0. The van der Waals surface area contributed by atoms with Crippen LogP contribution in [-0.2, 0) is 11.3 Å². The minimum Gasteiger partial charge on any atom is -0.480 e. The molecule has 1 aromatic rings. The molecule has 0 aromatic heterocycles. The summed E-state index contributed by atoms with van der Waals surface area (Å²) in [5, 5.41) is 3.53. The molecule has 114 valence electrons. The molecule has 1 heterocycles. The Bertz CT molecular complexity index is 529. The Morgan fingerprint density at radius 3 is 2.43 bits per heavy atom. The van der Waals surface area contributed by atoms with E-state index < -0.39 is 0 Å². The topological polar surface area (TPSA) is 41.6 Å². The molecule has 4 heteroatoms. The van der Waals surface area contributed by atoms with E-state index in [2.05, 4.69) is 31.3 Å². The highest BCUT2D eigenvalue weighted by molar-refractivity contribution is 5.83. The van der Waals surface area contributed by atoms with Gasteiger partial charge in [-0.1, -0.05) is 12.1 Å². The van der Waals surface area contributed by atoms with Crippen LogP contribution >= 0.6 is 0 Å². The number of likely N-dealkylation sites (tertiary alicyclic amines) is 1. The number of rotatable bonds is 5. The van der Waals surface area contributed by atoms with Gasteiger partial charge in [0.05, 0.1) is 0 Å². The third-order valence-corrected chi connectivity index (χ3v) is 4.33. The number of amides is 1. The number of nitrogens with zero attached hydrogens (tertiary/aromatic N) is 1. The molecule has 1 N–H and O–H groups in total. The number of hydrogen-bond acceptors (Lipinski definition) is 3. The smallest absolute Gasteiger partial charge is 0.263 e. The molecular formula is C17H24N2O2. The van der Waals surface area contributed by atoms with Gasteiger partial charge in [-0.25, -0.2) is 0 Å². The predicted octanol–water partition coefficient (Wildman–Crippen LogP) is 2.16. The van der Waals surface area contributed by atoms with E-state index in [0.29, 0.717) is 6.04 Å². The third kappa shape index (κ3) is 3.21. The molecule has 1 atom stereocenters. The molecule has 4 nitrogen and oxygen atoms in total. The van der Waals surface area contributed by atoms with Gasteiger partial charge in [0, 0.05) is 32.6 Å². The summed E-state index contributed by atoms with van der Waals surface area (Å²) in [4.78, 5) is 13.7. The lowest BCUT2D eigenvalue weighted by Gasteiger charge is -2.18. The molecule has 1 aliphatic heterocycles. The fourth-order valence-electron chi connectivity index (χ4n) is 2.92. The molecule has 3 rings (SSSR count). The van der Waals surface area contributed by atoms with Crippen LogP contribution in [0.5, 0.6) is 5.75 Å². The lowest BCUT2D eigenvalue weighted by atomic mass is 10.1. The van der Waals surface area contributed by atoms with Gasteiger partial charge in [-0.15, -0.1) is 0 Å². The maximum Gasteiger partial charge on any atom is 0.263 e. The second kappa shape index (κ2) is 5.68. The number of benzene rings is 1. The number of hydrogen-bond donors (Lipinski definition) is 1. The summed E-state index contributed by atoms with van der Waals surface area (Å²) in [6, 6.07) is 5.05. The van der Waals surface area contributed by atoms with E-state index in [4.69, 9.17) is 4.74 Å². The Balaban J connectivity index is 1.71. The molecule has 2 aliphatic rings. The van der Waals surface area contributed by atoms with Crippen LogP contribution in [0.1, 0.15) is 36.0 Å². The van der Waals surface area contributed by atoms with Crippen LogP contribution in [0.4, 0.5) is 0 Å². The number of nitrogens with one attached hydrogen (secondary N) is 1. The average Bonchev–Trinajstić information content (AvgIpc) is 3.21. The summed E-state index contributed by atoms with van der Waals surface area (Å²) in [7, 11) is 1.83. The molecule has 1 amide bonds. The first-order valence-corrected chi connectivity index (χ1v) is 7.79. The SMILES string of the molecule is Cc1cc(CNC2CC2)cc(C)c1OC1CCN(C)C1=O. The highest BCUT2D eigenvalue weighted by Gasteiger charge is 2.31. The van der Waals surface area contributed by atoms with E-state index >= 15 is 0 Å². The van der Waals surface area contributed by atoms with Crippen LogP contribution in [0.2, 0.25) is 0 Å². The number of likely N-dealkylation sites (N-methyl/N-ethyl adjacent to an activating group) is 1. The minimum atomic E-state index is -0.317. The number of carbonyl (C=O) groups is 1. The van der Waals surface area contributed by atoms with Gasteiger partial charge < -0.3 is 15.0 Å². The lowest BCUT2D eigenvalue weighted by molar-refractivity contribution is -0.132. The van der Waals surface area contributed by atoms with E-state index in [1.165, 1.54) is 18.4 Å². The summed E-state index contributed by atoms with van der Waals surface area (Å²) in [6.07, 6.45) is 3.06. The van der Waals surface area contributed by atoms with Gasteiger partial charge in [-0.05, 0) is 43.4 Å². The zero-order valence-electron chi connectivity index (χ0n) is 13.1. The second-order valence-electron chi connectivity index (χ2n) is 6.37. The summed E-state index contributed by atoms with van der Waals surface area (Å²) >= 11 is 0. The summed E-state index contributed by atoms with van der Waals surface area (Å²) < 4.78 is 6.00. The van der Waals surface area contributed by atoms with Crippen molar-refractivity contribution in [1.82, 2.24) is 10.2 Å². The summed E-state index contributed by atoms with van der Waals surface area (Å²) in [6.45, 7) is 5.82. The van der Waals surface area contributed by atoms with Gasteiger partial charge in [0.2, 0.25) is 0 Å². The maximum absolute atomic E-state index is 12.0. The first kappa shape index (κ1) is 14.4. The fraction of sp³-hybridized carbons (Fsp3) is 0.588. The maximum atomic E-state index is 12.0. The summed E-state index contributed by atoms with van der Waals surface area (Å²) in [5.74, 6) is 0.965. The van der Waals surface area contributed by atoms with E-state index in [0.717, 1.165) is 36.4 Å². The van der Waals surface area contributed by atoms with Crippen molar-refractivity contribution in [3.05, 3.63) is 28.8 Å². The van der Waals surface area contributed by atoms with Crippen molar-refractivity contribution < 1.29 is 9.53 Å². The zero-order chi connectivity index (χ0) is 15.0. The molecule has 0 spiro atoms. The predicted molar refractivity (Wildman–Crippen MR) is 82.4 cm³/mol. The van der Waals surface area contributed by atoms with Crippen molar-refractivity contribution >= 4 is 5.91 Å². The lowest BCUT2D eigenvalue weighted by Crippen LogP contribution is -2.29. The van der Waals surface area contributed by atoms with Gasteiger partial charge >= 0.3 is 0 Å². The van der Waals surface area contributed by atoms with Crippen molar-refractivity contribution in [2.45, 2.75) is 51.8 Å². The van der Waals surface area contributed by atoms with Gasteiger partial charge in [0.15, 0.2) is 6.10 Å². The van der Waals surface area contributed by atoms with Crippen molar-refractivity contribution in [2.75, 3.05) is 13.6 Å². The van der Waals surface area contributed by atoms with E-state index in [1.807, 2.05) is 7.05 Å². The minimum absolute atomic E-state index is 0.0910. The average molecular weight is 288 g/mol. The second-order valence-corrected chi connectivity index (χ2v) is 6.37. The van der Waals surface area contributed by atoms with Crippen molar-refractivity contribution in [1.29, 1.82) is 0 Å². The van der Waals surface area contributed by atoms with Crippen LogP contribution in [0, 0.1) is 13.8 Å². The standard InChI is InChI=1S/C17H24N2O2/c1-11-8-13(10-18-14-4-5-14)9-12(2)16(11)21-15-6-7-19(3)17(15)20/h8-9,14-15,18H,4-7,10H2,1-3H3. The van der Waals surface area contributed by atoms with E-state index in [9.17, 15) is 4.79 Å². The van der Waals surface area contributed by atoms with Crippen LogP contribution in [0.25, 0.3) is 0 Å². The molecular weight excluding hydrogens is 264 g/mol. The van der Waals surface area contributed by atoms with E-state index in [1.54, 1.807) is 4.90 Å². The molecule has 2 fully saturated rings. The Hall–Kier alpha value is -1.55.